The summed E-state index contributed by atoms with van der Waals surface area (Å²) in [6.45, 7) is 1.37. The summed E-state index contributed by atoms with van der Waals surface area (Å²) in [6.07, 6.45) is 1.42. The van der Waals surface area contributed by atoms with Gasteiger partial charge in [-0.1, -0.05) is 30.3 Å². The number of carboxylic acid groups (broad SMARTS) is 1. The van der Waals surface area contributed by atoms with Crippen LogP contribution in [0.15, 0.2) is 48.5 Å². The maximum absolute atomic E-state index is 11.5. The minimum atomic E-state index is -0.911. The number of hydrogen-bond donors (Lipinski definition) is 1. The summed E-state index contributed by atoms with van der Waals surface area (Å²) in [5, 5.41) is 9.19. The fourth-order valence-corrected chi connectivity index (χ4v) is 2.80. The molecule has 2 aromatic carbocycles. The van der Waals surface area contributed by atoms with Crippen molar-refractivity contribution < 1.29 is 14.7 Å². The number of aryl methyl sites for hydroxylation is 2. The summed E-state index contributed by atoms with van der Waals surface area (Å²) in [4.78, 5) is 27.3. The first-order valence-corrected chi connectivity index (χ1v) is 7.80. The van der Waals surface area contributed by atoms with Crippen molar-refractivity contribution in [1.29, 1.82) is 0 Å². The molecule has 0 atom stereocenters. The lowest BCUT2D eigenvalue weighted by Crippen LogP contribution is -2.12. The molecule has 1 N–H and O–H groups in total. The highest BCUT2D eigenvalue weighted by atomic mass is 16.4. The molecule has 0 unspecified atom stereocenters. The van der Waals surface area contributed by atoms with Crippen LogP contribution in [0.1, 0.15) is 28.7 Å². The molecule has 122 valence electrons. The third-order valence-corrected chi connectivity index (χ3v) is 4.01. The molecule has 0 saturated heterocycles. The number of imidazole rings is 1. The zero-order chi connectivity index (χ0) is 17.1. The van der Waals surface area contributed by atoms with Crippen molar-refractivity contribution in [3.05, 3.63) is 65.5 Å². The molecular formula is C19H18N2O3. The number of Topliss-reactive ketones (excluding diaryl/α,β-unsaturated/α-hetero) is 1. The smallest absolute Gasteiger partial charge is 0.323 e. The normalized spacial score (nSPS) is 10.9. The fourth-order valence-electron chi connectivity index (χ4n) is 2.80. The number of benzene rings is 2. The quantitative estimate of drug-likeness (QED) is 0.708. The molecule has 0 amide bonds. The van der Waals surface area contributed by atoms with Crippen LogP contribution in [0, 0.1) is 0 Å². The van der Waals surface area contributed by atoms with Crippen molar-refractivity contribution in [2.24, 2.45) is 0 Å². The van der Waals surface area contributed by atoms with Crippen LogP contribution in [-0.2, 0) is 24.2 Å². The minimum Gasteiger partial charge on any atom is -0.480 e. The van der Waals surface area contributed by atoms with Crippen LogP contribution in [0.25, 0.3) is 11.0 Å². The summed E-state index contributed by atoms with van der Waals surface area (Å²) in [5.41, 5.74) is 3.16. The van der Waals surface area contributed by atoms with Crippen LogP contribution < -0.4 is 0 Å². The van der Waals surface area contributed by atoms with E-state index in [1.807, 2.05) is 30.3 Å². The first-order chi connectivity index (χ1) is 11.5. The molecule has 5 heteroatoms. The first kappa shape index (κ1) is 15.9. The van der Waals surface area contributed by atoms with Gasteiger partial charge in [0.15, 0.2) is 5.78 Å². The lowest BCUT2D eigenvalue weighted by molar-refractivity contribution is -0.137. The Morgan fingerprint density at radius 1 is 1.08 bits per heavy atom. The van der Waals surface area contributed by atoms with Gasteiger partial charge in [0, 0.05) is 12.0 Å². The second-order valence-corrected chi connectivity index (χ2v) is 5.75. The average molecular weight is 322 g/mol. The topological polar surface area (TPSA) is 72.2 Å². The Morgan fingerprint density at radius 3 is 2.50 bits per heavy atom. The maximum Gasteiger partial charge on any atom is 0.323 e. The summed E-state index contributed by atoms with van der Waals surface area (Å²) in [5.74, 6) is -0.224. The van der Waals surface area contributed by atoms with Crippen molar-refractivity contribution in [3.63, 3.8) is 0 Å². The van der Waals surface area contributed by atoms with E-state index in [0.717, 1.165) is 17.8 Å². The third kappa shape index (κ3) is 3.35. The lowest BCUT2D eigenvalue weighted by Gasteiger charge is -2.06. The third-order valence-electron chi connectivity index (χ3n) is 4.01. The highest BCUT2D eigenvalue weighted by Crippen LogP contribution is 2.20. The molecule has 5 nitrogen and oxygen atoms in total. The Labute approximate surface area is 139 Å². The van der Waals surface area contributed by atoms with E-state index in [2.05, 4.69) is 4.98 Å². The number of fused-ring (bicyclic) bond motifs is 1. The molecule has 0 aliphatic carbocycles. The summed E-state index contributed by atoms with van der Waals surface area (Å²) in [7, 11) is 0. The molecule has 0 bridgehead atoms. The van der Waals surface area contributed by atoms with E-state index in [-0.39, 0.29) is 12.3 Å². The van der Waals surface area contributed by atoms with Gasteiger partial charge in [-0.25, -0.2) is 4.98 Å². The number of nitrogens with zero attached hydrogens (tertiary/aromatic N) is 2. The van der Waals surface area contributed by atoms with E-state index in [1.165, 1.54) is 12.5 Å². The zero-order valence-electron chi connectivity index (χ0n) is 13.4. The van der Waals surface area contributed by atoms with Crippen molar-refractivity contribution in [1.82, 2.24) is 9.55 Å². The molecular weight excluding hydrogens is 304 g/mol. The predicted octanol–water partition coefficient (Wildman–Crippen LogP) is 3.11. The van der Waals surface area contributed by atoms with E-state index in [1.54, 1.807) is 22.8 Å². The number of hydrogen-bond acceptors (Lipinski definition) is 3. The number of carboxylic acids is 1. The number of aliphatic carboxylic acids is 1. The van der Waals surface area contributed by atoms with Gasteiger partial charge in [0.05, 0.1) is 11.0 Å². The van der Waals surface area contributed by atoms with E-state index in [4.69, 9.17) is 0 Å². The Hall–Kier alpha value is -2.95. The number of ketones is 1. The Morgan fingerprint density at radius 2 is 1.83 bits per heavy atom. The van der Waals surface area contributed by atoms with E-state index in [0.29, 0.717) is 17.5 Å². The molecule has 3 rings (SSSR count). The summed E-state index contributed by atoms with van der Waals surface area (Å²) >= 11 is 0. The lowest BCUT2D eigenvalue weighted by atomic mass is 10.1. The van der Waals surface area contributed by atoms with Gasteiger partial charge in [-0.3, -0.25) is 9.59 Å². The van der Waals surface area contributed by atoms with Crippen LogP contribution in [0.3, 0.4) is 0 Å². The van der Waals surface area contributed by atoms with Gasteiger partial charge in [0.25, 0.3) is 0 Å². The van der Waals surface area contributed by atoms with Gasteiger partial charge >= 0.3 is 5.97 Å². The second kappa shape index (κ2) is 6.66. The fraction of sp³-hybridized carbons (Fsp3) is 0.211. The zero-order valence-corrected chi connectivity index (χ0v) is 13.4. The average Bonchev–Trinajstić information content (AvgIpc) is 2.90. The van der Waals surface area contributed by atoms with E-state index < -0.39 is 5.97 Å². The van der Waals surface area contributed by atoms with Gasteiger partial charge in [-0.2, -0.15) is 0 Å². The van der Waals surface area contributed by atoms with Crippen molar-refractivity contribution >= 4 is 22.8 Å². The largest absolute Gasteiger partial charge is 0.480 e. The molecule has 3 aromatic rings. The number of carbonyl (C=O) groups excluding carboxylic acids is 1. The molecule has 0 saturated carbocycles. The monoisotopic (exact) mass is 322 g/mol. The maximum atomic E-state index is 11.5. The molecule has 0 aliphatic heterocycles. The molecule has 24 heavy (non-hydrogen) atoms. The SMILES string of the molecule is CC(=O)c1ccc2c(c1)nc(CCc1ccccc1)n2CC(=O)O. The number of rotatable bonds is 6. The van der Waals surface area contributed by atoms with Gasteiger partial charge in [0.2, 0.25) is 0 Å². The van der Waals surface area contributed by atoms with Crippen LogP contribution in [0.4, 0.5) is 0 Å². The molecule has 0 fully saturated rings. The standard InChI is InChI=1S/C19H18N2O3/c1-13(22)15-8-9-17-16(11-15)20-18(21(17)12-19(23)24)10-7-14-5-3-2-4-6-14/h2-6,8-9,11H,7,10,12H2,1H3,(H,23,24). The first-order valence-electron chi connectivity index (χ1n) is 7.80. The predicted molar refractivity (Wildman–Crippen MR) is 91.2 cm³/mol. The van der Waals surface area contributed by atoms with Crippen LogP contribution >= 0.6 is 0 Å². The van der Waals surface area contributed by atoms with Crippen LogP contribution in [-0.4, -0.2) is 26.4 Å². The summed E-state index contributed by atoms with van der Waals surface area (Å²) in [6, 6.07) is 15.2. The van der Waals surface area contributed by atoms with Gasteiger partial charge < -0.3 is 9.67 Å². The Bertz CT molecular complexity index is 898. The molecule has 1 heterocycles. The molecule has 0 spiro atoms. The van der Waals surface area contributed by atoms with Gasteiger partial charge in [0.1, 0.15) is 12.4 Å². The summed E-state index contributed by atoms with van der Waals surface area (Å²) < 4.78 is 1.71. The van der Waals surface area contributed by atoms with Crippen molar-refractivity contribution in [2.45, 2.75) is 26.3 Å². The highest BCUT2D eigenvalue weighted by molar-refractivity contribution is 5.97. The van der Waals surface area contributed by atoms with Gasteiger partial charge in [-0.15, -0.1) is 0 Å². The van der Waals surface area contributed by atoms with Crippen molar-refractivity contribution in [2.75, 3.05) is 0 Å². The molecule has 0 aliphatic rings. The highest BCUT2D eigenvalue weighted by Gasteiger charge is 2.14. The van der Waals surface area contributed by atoms with Crippen molar-refractivity contribution in [3.8, 4) is 0 Å². The number of carbonyl (C=O) groups is 2. The second-order valence-electron chi connectivity index (χ2n) is 5.75. The Balaban J connectivity index is 1.97. The van der Waals surface area contributed by atoms with E-state index in [9.17, 15) is 14.7 Å². The molecule has 1 aromatic heterocycles. The van der Waals surface area contributed by atoms with Crippen LogP contribution in [0.2, 0.25) is 0 Å². The van der Waals surface area contributed by atoms with Crippen LogP contribution in [0.5, 0.6) is 0 Å². The minimum absolute atomic E-state index is 0.0319. The Kier molecular flexibility index (Phi) is 4.42. The van der Waals surface area contributed by atoms with Gasteiger partial charge in [-0.05, 0) is 37.1 Å². The number of aromatic nitrogens is 2. The molecule has 0 radical (unpaired) electrons. The van der Waals surface area contributed by atoms with E-state index >= 15 is 0 Å².